The summed E-state index contributed by atoms with van der Waals surface area (Å²) >= 11 is 1.59. The van der Waals surface area contributed by atoms with Crippen LogP contribution in [0.15, 0.2) is 58.5 Å². The normalized spacial score (nSPS) is 13.0. The minimum Gasteiger partial charge on any atom is -0.497 e. The Balaban J connectivity index is 1.60. The molecule has 1 N–H and O–H groups in total. The first-order valence-corrected chi connectivity index (χ1v) is 10.2. The maximum absolute atomic E-state index is 13.2. The molecule has 1 amide bonds. The standard InChI is InChI=1S/C21H18N4O3S/c1-28-14-6-4-5-13(11-14)22-17(26)12-25-16-8-3-2-7-15(16)18-19(25)20(27)24-9-10-29-21(24)23-18/h2-8,11H,9-10,12H2,1H3,(H,22,26). The van der Waals surface area contributed by atoms with Gasteiger partial charge < -0.3 is 14.6 Å². The van der Waals surface area contributed by atoms with Gasteiger partial charge in [0.2, 0.25) is 5.91 Å². The van der Waals surface area contributed by atoms with Gasteiger partial charge in [-0.15, -0.1) is 0 Å². The number of benzene rings is 2. The summed E-state index contributed by atoms with van der Waals surface area (Å²) in [7, 11) is 1.58. The van der Waals surface area contributed by atoms with E-state index in [4.69, 9.17) is 9.72 Å². The molecule has 8 heteroatoms. The number of fused-ring (bicyclic) bond motifs is 4. The molecule has 2 aromatic heterocycles. The van der Waals surface area contributed by atoms with Crippen molar-refractivity contribution in [1.82, 2.24) is 14.1 Å². The van der Waals surface area contributed by atoms with Gasteiger partial charge in [0, 0.05) is 29.4 Å². The first kappa shape index (κ1) is 17.8. The lowest BCUT2D eigenvalue weighted by Crippen LogP contribution is -2.25. The van der Waals surface area contributed by atoms with Gasteiger partial charge in [-0.2, -0.15) is 0 Å². The van der Waals surface area contributed by atoms with Crippen molar-refractivity contribution in [2.75, 3.05) is 18.2 Å². The predicted molar refractivity (Wildman–Crippen MR) is 114 cm³/mol. The second-order valence-corrected chi connectivity index (χ2v) is 7.84. The number of rotatable bonds is 4. The molecule has 0 spiro atoms. The number of amides is 1. The minimum atomic E-state index is -0.222. The summed E-state index contributed by atoms with van der Waals surface area (Å²) in [5.74, 6) is 1.28. The molecular formula is C21H18N4O3S. The summed E-state index contributed by atoms with van der Waals surface area (Å²) in [4.78, 5) is 30.7. The number of ether oxygens (including phenoxy) is 1. The van der Waals surface area contributed by atoms with Crippen molar-refractivity contribution in [3.05, 3.63) is 58.9 Å². The molecule has 29 heavy (non-hydrogen) atoms. The third kappa shape index (κ3) is 2.96. The maximum atomic E-state index is 13.2. The Bertz CT molecular complexity index is 1320. The molecular weight excluding hydrogens is 388 g/mol. The van der Waals surface area contributed by atoms with Crippen molar-refractivity contribution in [1.29, 1.82) is 0 Å². The summed E-state index contributed by atoms with van der Waals surface area (Å²) in [6, 6.07) is 14.9. The van der Waals surface area contributed by atoms with Gasteiger partial charge in [-0.25, -0.2) is 4.98 Å². The number of nitrogens with zero attached hydrogens (tertiary/aromatic N) is 3. The largest absolute Gasteiger partial charge is 0.497 e. The molecule has 0 saturated carbocycles. The number of carbonyl (C=O) groups is 1. The molecule has 0 atom stereocenters. The van der Waals surface area contributed by atoms with Crippen molar-refractivity contribution in [2.45, 2.75) is 18.2 Å². The lowest BCUT2D eigenvalue weighted by Gasteiger charge is -2.10. The average Bonchev–Trinajstić information content (AvgIpc) is 3.32. The van der Waals surface area contributed by atoms with Crippen LogP contribution in [0.2, 0.25) is 0 Å². The molecule has 146 valence electrons. The van der Waals surface area contributed by atoms with Crippen LogP contribution in [0.4, 0.5) is 5.69 Å². The highest BCUT2D eigenvalue weighted by molar-refractivity contribution is 7.99. The van der Waals surface area contributed by atoms with Crippen LogP contribution in [0, 0.1) is 0 Å². The molecule has 3 heterocycles. The topological polar surface area (TPSA) is 78.2 Å². The molecule has 1 aliphatic heterocycles. The monoisotopic (exact) mass is 406 g/mol. The van der Waals surface area contributed by atoms with Gasteiger partial charge in [-0.1, -0.05) is 36.0 Å². The summed E-state index contributed by atoms with van der Waals surface area (Å²) in [6.45, 7) is 0.657. The quantitative estimate of drug-likeness (QED) is 0.527. The molecule has 0 saturated heterocycles. The fourth-order valence-electron chi connectivity index (χ4n) is 3.73. The van der Waals surface area contributed by atoms with Crippen molar-refractivity contribution in [3.63, 3.8) is 0 Å². The maximum Gasteiger partial charge on any atom is 0.278 e. The highest BCUT2D eigenvalue weighted by Crippen LogP contribution is 2.30. The first-order chi connectivity index (χ1) is 14.2. The van der Waals surface area contributed by atoms with Crippen LogP contribution in [0.5, 0.6) is 5.75 Å². The van der Waals surface area contributed by atoms with E-state index in [0.717, 1.165) is 21.8 Å². The SMILES string of the molecule is COc1cccc(NC(=O)Cn2c3ccccc3c3nc4n(c(=O)c32)CCS4)c1. The molecule has 0 aliphatic carbocycles. The van der Waals surface area contributed by atoms with Crippen LogP contribution in [-0.4, -0.2) is 32.9 Å². The highest BCUT2D eigenvalue weighted by atomic mass is 32.2. The molecule has 0 radical (unpaired) electrons. The summed E-state index contributed by atoms with van der Waals surface area (Å²) in [5.41, 5.74) is 2.49. The Morgan fingerprint density at radius 2 is 2.10 bits per heavy atom. The average molecular weight is 406 g/mol. The lowest BCUT2D eigenvalue weighted by atomic mass is 10.2. The fraction of sp³-hybridized carbons (Fsp3) is 0.190. The van der Waals surface area contributed by atoms with Crippen molar-refractivity contribution < 1.29 is 9.53 Å². The Kier molecular flexibility index (Phi) is 4.28. The van der Waals surface area contributed by atoms with E-state index in [2.05, 4.69) is 5.32 Å². The molecule has 0 bridgehead atoms. The number of hydrogen-bond acceptors (Lipinski definition) is 5. The number of methoxy groups -OCH3 is 1. The van der Waals surface area contributed by atoms with Gasteiger partial charge >= 0.3 is 0 Å². The third-order valence-electron chi connectivity index (χ3n) is 5.03. The number of nitrogens with one attached hydrogen (secondary N) is 1. The number of thioether (sulfide) groups is 1. The number of aromatic nitrogens is 3. The molecule has 5 rings (SSSR count). The summed E-state index contributed by atoms with van der Waals surface area (Å²) < 4.78 is 8.67. The fourth-order valence-corrected chi connectivity index (χ4v) is 4.67. The molecule has 0 fully saturated rings. The van der Waals surface area contributed by atoms with E-state index in [1.165, 1.54) is 0 Å². The number of carbonyl (C=O) groups excluding carboxylic acids is 1. The van der Waals surface area contributed by atoms with Crippen LogP contribution in [-0.2, 0) is 17.9 Å². The van der Waals surface area contributed by atoms with Crippen molar-refractivity contribution >= 4 is 45.3 Å². The first-order valence-electron chi connectivity index (χ1n) is 9.24. The second-order valence-electron chi connectivity index (χ2n) is 6.78. The molecule has 0 unspecified atom stereocenters. The van der Waals surface area contributed by atoms with E-state index >= 15 is 0 Å². The molecule has 7 nitrogen and oxygen atoms in total. The lowest BCUT2D eigenvalue weighted by molar-refractivity contribution is -0.116. The van der Waals surface area contributed by atoms with E-state index in [1.807, 2.05) is 36.4 Å². The van der Waals surface area contributed by atoms with Gasteiger partial charge in [0.1, 0.15) is 23.3 Å². The van der Waals surface area contributed by atoms with Gasteiger partial charge in [0.15, 0.2) is 5.16 Å². The van der Waals surface area contributed by atoms with Crippen LogP contribution >= 0.6 is 11.8 Å². The summed E-state index contributed by atoms with van der Waals surface area (Å²) in [6.07, 6.45) is 0. The second kappa shape index (κ2) is 6.97. The zero-order valence-corrected chi connectivity index (χ0v) is 16.5. The zero-order valence-electron chi connectivity index (χ0n) is 15.7. The van der Waals surface area contributed by atoms with Gasteiger partial charge in [0.05, 0.1) is 12.6 Å². The Hall–Kier alpha value is -3.26. The Labute approximate surface area is 170 Å². The van der Waals surface area contributed by atoms with Gasteiger partial charge in [-0.05, 0) is 18.2 Å². The van der Waals surface area contributed by atoms with Gasteiger partial charge in [0.25, 0.3) is 5.56 Å². The number of anilines is 1. The van der Waals surface area contributed by atoms with E-state index in [9.17, 15) is 9.59 Å². The molecule has 4 aromatic rings. The van der Waals surface area contributed by atoms with Crippen molar-refractivity contribution in [2.24, 2.45) is 0 Å². The minimum absolute atomic E-state index is 0.0185. The smallest absolute Gasteiger partial charge is 0.278 e. The molecule has 2 aromatic carbocycles. The predicted octanol–water partition coefficient (Wildman–Crippen LogP) is 3.10. The van der Waals surface area contributed by atoms with Crippen molar-refractivity contribution in [3.8, 4) is 5.75 Å². The number of hydrogen-bond donors (Lipinski definition) is 1. The van der Waals surface area contributed by atoms with Crippen LogP contribution in [0.25, 0.3) is 21.9 Å². The Morgan fingerprint density at radius 3 is 2.97 bits per heavy atom. The third-order valence-corrected chi connectivity index (χ3v) is 5.99. The Morgan fingerprint density at radius 1 is 1.24 bits per heavy atom. The van der Waals surface area contributed by atoms with E-state index in [1.54, 1.807) is 40.1 Å². The number of para-hydroxylation sites is 1. The highest BCUT2D eigenvalue weighted by Gasteiger charge is 2.23. The van der Waals surface area contributed by atoms with E-state index < -0.39 is 0 Å². The van der Waals surface area contributed by atoms with Crippen LogP contribution in [0.1, 0.15) is 0 Å². The van der Waals surface area contributed by atoms with E-state index in [-0.39, 0.29) is 18.0 Å². The molecule has 1 aliphatic rings. The van der Waals surface area contributed by atoms with Crippen LogP contribution < -0.4 is 15.6 Å². The van der Waals surface area contributed by atoms with E-state index in [0.29, 0.717) is 29.0 Å². The van der Waals surface area contributed by atoms with Crippen LogP contribution in [0.3, 0.4) is 0 Å². The summed E-state index contributed by atoms with van der Waals surface area (Å²) in [5, 5.41) is 4.50. The zero-order chi connectivity index (χ0) is 20.0. The van der Waals surface area contributed by atoms with Gasteiger partial charge in [-0.3, -0.25) is 14.2 Å².